The molecule has 3 heteroatoms. The molecule has 0 amide bonds. The summed E-state index contributed by atoms with van der Waals surface area (Å²) >= 11 is 0. The van der Waals surface area contributed by atoms with Crippen LogP contribution in [0.2, 0.25) is 0 Å². The van der Waals surface area contributed by atoms with Crippen molar-refractivity contribution in [2.75, 3.05) is 33.4 Å². The van der Waals surface area contributed by atoms with Gasteiger partial charge in [-0.3, -0.25) is 0 Å². The first kappa shape index (κ1) is 14.3. The molecular weight excluding hydrogens is 224 g/mol. The van der Waals surface area contributed by atoms with Gasteiger partial charge in [0.15, 0.2) is 0 Å². The summed E-state index contributed by atoms with van der Waals surface area (Å²) in [5, 5.41) is 7.09. The zero-order valence-corrected chi connectivity index (χ0v) is 12.0. The SMILES string of the molecule is CNC1(CCNCCOCC2CC2)CCCCC1. The summed E-state index contributed by atoms with van der Waals surface area (Å²) in [5.41, 5.74) is 0.417. The highest BCUT2D eigenvalue weighted by Crippen LogP contribution is 2.30. The second-order valence-corrected chi connectivity index (χ2v) is 6.11. The molecule has 2 saturated carbocycles. The van der Waals surface area contributed by atoms with E-state index in [1.165, 1.54) is 51.4 Å². The van der Waals surface area contributed by atoms with Crippen LogP contribution in [0.1, 0.15) is 51.4 Å². The maximum absolute atomic E-state index is 5.62. The summed E-state index contributed by atoms with van der Waals surface area (Å²) in [6.07, 6.45) is 10.9. The van der Waals surface area contributed by atoms with E-state index in [2.05, 4.69) is 17.7 Å². The topological polar surface area (TPSA) is 33.3 Å². The molecule has 0 aromatic rings. The molecule has 0 radical (unpaired) electrons. The quantitative estimate of drug-likeness (QED) is 0.620. The number of hydrogen-bond donors (Lipinski definition) is 2. The Bertz CT molecular complexity index is 223. The van der Waals surface area contributed by atoms with E-state index >= 15 is 0 Å². The molecule has 0 atom stereocenters. The van der Waals surface area contributed by atoms with Crippen molar-refractivity contribution < 1.29 is 4.74 Å². The van der Waals surface area contributed by atoms with Gasteiger partial charge in [-0.05, 0) is 51.6 Å². The number of nitrogens with one attached hydrogen (secondary N) is 2. The van der Waals surface area contributed by atoms with Gasteiger partial charge in [-0.1, -0.05) is 19.3 Å². The summed E-state index contributed by atoms with van der Waals surface area (Å²) in [6.45, 7) is 3.99. The minimum absolute atomic E-state index is 0.417. The molecule has 0 aromatic carbocycles. The van der Waals surface area contributed by atoms with Crippen LogP contribution in [0.4, 0.5) is 0 Å². The largest absolute Gasteiger partial charge is 0.380 e. The predicted octanol–water partition coefficient (Wildman–Crippen LogP) is 2.31. The van der Waals surface area contributed by atoms with Crippen molar-refractivity contribution in [2.24, 2.45) is 5.92 Å². The van der Waals surface area contributed by atoms with Crippen molar-refractivity contribution in [1.82, 2.24) is 10.6 Å². The summed E-state index contributed by atoms with van der Waals surface area (Å²) in [7, 11) is 2.13. The van der Waals surface area contributed by atoms with Gasteiger partial charge in [-0.15, -0.1) is 0 Å². The maximum Gasteiger partial charge on any atom is 0.0591 e. The van der Waals surface area contributed by atoms with E-state index < -0.39 is 0 Å². The van der Waals surface area contributed by atoms with Crippen LogP contribution in [-0.2, 0) is 4.74 Å². The van der Waals surface area contributed by atoms with E-state index in [1.807, 2.05) is 0 Å². The zero-order valence-electron chi connectivity index (χ0n) is 12.0. The van der Waals surface area contributed by atoms with Crippen LogP contribution in [0.15, 0.2) is 0 Å². The lowest BCUT2D eigenvalue weighted by atomic mass is 9.79. The van der Waals surface area contributed by atoms with E-state index in [1.54, 1.807) is 0 Å². The molecule has 2 N–H and O–H groups in total. The number of ether oxygens (including phenoxy) is 1. The van der Waals surface area contributed by atoms with E-state index in [0.29, 0.717) is 5.54 Å². The lowest BCUT2D eigenvalue weighted by molar-refractivity contribution is 0.125. The fraction of sp³-hybridized carbons (Fsp3) is 1.00. The predicted molar refractivity (Wildman–Crippen MR) is 75.9 cm³/mol. The molecule has 18 heavy (non-hydrogen) atoms. The average molecular weight is 254 g/mol. The Kier molecular flexibility index (Phi) is 5.93. The highest BCUT2D eigenvalue weighted by molar-refractivity contribution is 4.89. The van der Waals surface area contributed by atoms with Gasteiger partial charge < -0.3 is 15.4 Å². The van der Waals surface area contributed by atoms with Crippen LogP contribution in [0.3, 0.4) is 0 Å². The monoisotopic (exact) mass is 254 g/mol. The molecule has 2 rings (SSSR count). The molecule has 0 spiro atoms. The average Bonchev–Trinajstić information content (AvgIpc) is 3.23. The van der Waals surface area contributed by atoms with Crippen LogP contribution in [-0.4, -0.2) is 38.9 Å². The first-order valence-corrected chi connectivity index (χ1v) is 7.82. The van der Waals surface area contributed by atoms with Gasteiger partial charge in [0.1, 0.15) is 0 Å². The van der Waals surface area contributed by atoms with Crippen LogP contribution < -0.4 is 10.6 Å². The molecular formula is C15H30N2O. The van der Waals surface area contributed by atoms with Gasteiger partial charge >= 0.3 is 0 Å². The van der Waals surface area contributed by atoms with Gasteiger partial charge in [0.25, 0.3) is 0 Å². The molecule has 2 fully saturated rings. The minimum Gasteiger partial charge on any atom is -0.380 e. The van der Waals surface area contributed by atoms with E-state index in [4.69, 9.17) is 4.74 Å². The van der Waals surface area contributed by atoms with E-state index in [9.17, 15) is 0 Å². The highest BCUT2D eigenvalue weighted by Gasteiger charge is 2.29. The van der Waals surface area contributed by atoms with Gasteiger partial charge in [0.05, 0.1) is 6.61 Å². The summed E-state index contributed by atoms with van der Waals surface area (Å²) in [5.74, 6) is 0.889. The van der Waals surface area contributed by atoms with Crippen LogP contribution in [0.5, 0.6) is 0 Å². The summed E-state index contributed by atoms with van der Waals surface area (Å²) in [6, 6.07) is 0. The first-order valence-electron chi connectivity index (χ1n) is 7.82. The third-order valence-electron chi connectivity index (χ3n) is 4.59. The summed E-state index contributed by atoms with van der Waals surface area (Å²) < 4.78 is 5.62. The third kappa shape index (κ3) is 4.87. The minimum atomic E-state index is 0.417. The Balaban J connectivity index is 1.47. The van der Waals surface area contributed by atoms with E-state index in [0.717, 1.165) is 32.2 Å². The fourth-order valence-electron chi connectivity index (χ4n) is 2.99. The molecule has 3 nitrogen and oxygen atoms in total. The maximum atomic E-state index is 5.62. The fourth-order valence-corrected chi connectivity index (χ4v) is 2.99. The zero-order chi connectivity index (χ0) is 12.7. The van der Waals surface area contributed by atoms with Gasteiger partial charge in [-0.25, -0.2) is 0 Å². The Morgan fingerprint density at radius 3 is 2.56 bits per heavy atom. The summed E-state index contributed by atoms with van der Waals surface area (Å²) in [4.78, 5) is 0. The molecule has 2 aliphatic carbocycles. The smallest absolute Gasteiger partial charge is 0.0591 e. The molecule has 0 heterocycles. The van der Waals surface area contributed by atoms with Crippen molar-refractivity contribution in [3.05, 3.63) is 0 Å². The molecule has 0 unspecified atom stereocenters. The van der Waals surface area contributed by atoms with Gasteiger partial charge in [-0.2, -0.15) is 0 Å². The van der Waals surface area contributed by atoms with Crippen molar-refractivity contribution in [2.45, 2.75) is 56.9 Å². The molecule has 0 aliphatic heterocycles. The lowest BCUT2D eigenvalue weighted by Gasteiger charge is -2.37. The molecule has 0 saturated heterocycles. The highest BCUT2D eigenvalue weighted by atomic mass is 16.5. The lowest BCUT2D eigenvalue weighted by Crippen LogP contribution is -2.46. The number of hydrogen-bond acceptors (Lipinski definition) is 3. The molecule has 2 aliphatic rings. The molecule has 0 aromatic heterocycles. The Morgan fingerprint density at radius 2 is 1.89 bits per heavy atom. The van der Waals surface area contributed by atoms with Crippen molar-refractivity contribution in [3.63, 3.8) is 0 Å². The van der Waals surface area contributed by atoms with Gasteiger partial charge in [0.2, 0.25) is 0 Å². The van der Waals surface area contributed by atoms with Crippen molar-refractivity contribution >= 4 is 0 Å². The van der Waals surface area contributed by atoms with Crippen LogP contribution >= 0.6 is 0 Å². The Labute approximate surface area is 112 Å². The normalized spacial score (nSPS) is 23.2. The van der Waals surface area contributed by atoms with Crippen LogP contribution in [0.25, 0.3) is 0 Å². The standard InChI is InChI=1S/C15H30N2O/c1-16-15(7-3-2-4-8-15)9-10-17-11-12-18-13-14-5-6-14/h14,16-17H,2-13H2,1H3. The molecule has 106 valence electrons. The second-order valence-electron chi connectivity index (χ2n) is 6.11. The van der Waals surface area contributed by atoms with Crippen molar-refractivity contribution in [3.8, 4) is 0 Å². The van der Waals surface area contributed by atoms with E-state index in [-0.39, 0.29) is 0 Å². The number of rotatable bonds is 9. The van der Waals surface area contributed by atoms with Crippen LogP contribution in [0, 0.1) is 5.92 Å². The van der Waals surface area contributed by atoms with Crippen molar-refractivity contribution in [1.29, 1.82) is 0 Å². The first-order chi connectivity index (χ1) is 8.85. The second kappa shape index (κ2) is 7.46. The third-order valence-corrected chi connectivity index (χ3v) is 4.59. The Morgan fingerprint density at radius 1 is 1.11 bits per heavy atom. The van der Waals surface area contributed by atoms with Gasteiger partial charge in [0, 0.05) is 18.7 Å². The molecule has 0 bridgehead atoms. The Hall–Kier alpha value is -0.120.